The number of carbonyl (C=O) groups is 3. The lowest BCUT2D eigenvalue weighted by molar-refractivity contribution is -0.384. The summed E-state index contributed by atoms with van der Waals surface area (Å²) in [7, 11) is 0. The van der Waals surface area contributed by atoms with Crippen LogP contribution in [0.3, 0.4) is 0 Å². The van der Waals surface area contributed by atoms with Gasteiger partial charge in [-0.1, -0.05) is 36.4 Å². The highest BCUT2D eigenvalue weighted by molar-refractivity contribution is 6.21. The van der Waals surface area contributed by atoms with Crippen molar-refractivity contribution in [2.45, 2.75) is 0 Å². The lowest BCUT2D eigenvalue weighted by atomic mass is 10.1. The summed E-state index contributed by atoms with van der Waals surface area (Å²) >= 11 is 0. The Bertz CT molecular complexity index is 1160. The predicted molar refractivity (Wildman–Crippen MR) is 113 cm³/mol. The Morgan fingerprint density at radius 3 is 2.10 bits per heavy atom. The highest BCUT2D eigenvalue weighted by Gasteiger charge is 2.35. The van der Waals surface area contributed by atoms with Crippen molar-refractivity contribution < 1.29 is 19.3 Å². The van der Waals surface area contributed by atoms with Crippen molar-refractivity contribution in [3.8, 4) is 0 Å². The number of anilines is 1. The molecule has 3 aromatic rings. The van der Waals surface area contributed by atoms with E-state index in [9.17, 15) is 24.5 Å². The molecule has 154 valence electrons. The quantitative estimate of drug-likeness (QED) is 0.348. The molecule has 0 radical (unpaired) electrons. The molecule has 8 nitrogen and oxygen atoms in total. The van der Waals surface area contributed by atoms with Crippen LogP contribution in [0.1, 0.15) is 31.1 Å². The number of hydrogen-bond acceptors (Lipinski definition) is 5. The van der Waals surface area contributed by atoms with Crippen LogP contribution in [0.5, 0.6) is 0 Å². The molecule has 3 amide bonds. The number of imide groups is 1. The van der Waals surface area contributed by atoms with Crippen LogP contribution in [0.2, 0.25) is 0 Å². The molecule has 0 aromatic heterocycles. The lowest BCUT2D eigenvalue weighted by Gasteiger charge is -2.25. The largest absolute Gasteiger partial charge is 0.307 e. The van der Waals surface area contributed by atoms with Gasteiger partial charge in [0.1, 0.15) is 0 Å². The second kappa shape index (κ2) is 8.19. The zero-order chi connectivity index (χ0) is 22.0. The smallest absolute Gasteiger partial charge is 0.270 e. The Morgan fingerprint density at radius 1 is 0.871 bits per heavy atom. The molecular weight excluding hydrogens is 398 g/mol. The number of non-ortho nitro benzene ring substituents is 1. The van der Waals surface area contributed by atoms with Crippen LogP contribution >= 0.6 is 0 Å². The lowest BCUT2D eigenvalue weighted by Crippen LogP contribution is -2.41. The second-order valence-corrected chi connectivity index (χ2v) is 6.91. The molecule has 1 aliphatic heterocycles. The maximum absolute atomic E-state index is 13.2. The van der Waals surface area contributed by atoms with E-state index in [0.29, 0.717) is 16.8 Å². The number of nitro groups is 1. The van der Waals surface area contributed by atoms with Crippen molar-refractivity contribution in [1.82, 2.24) is 4.90 Å². The highest BCUT2D eigenvalue weighted by Crippen LogP contribution is 2.24. The van der Waals surface area contributed by atoms with E-state index in [1.165, 1.54) is 29.2 Å². The highest BCUT2D eigenvalue weighted by atomic mass is 16.6. The fraction of sp³-hybridized carbons (Fsp3) is 0.0870. The Balaban J connectivity index is 1.61. The average Bonchev–Trinajstić information content (AvgIpc) is 3.05. The van der Waals surface area contributed by atoms with Crippen LogP contribution in [-0.4, -0.2) is 40.6 Å². The first kappa shape index (κ1) is 20.0. The molecule has 8 heteroatoms. The summed E-state index contributed by atoms with van der Waals surface area (Å²) in [5.41, 5.74) is 1.17. The van der Waals surface area contributed by atoms with Gasteiger partial charge in [-0.25, -0.2) is 0 Å². The molecule has 1 aliphatic rings. The summed E-state index contributed by atoms with van der Waals surface area (Å²) in [6.07, 6.45) is 0. The third-order valence-corrected chi connectivity index (χ3v) is 5.04. The summed E-state index contributed by atoms with van der Waals surface area (Å²) in [5.74, 6) is -1.28. The van der Waals surface area contributed by atoms with Gasteiger partial charge in [0.25, 0.3) is 23.4 Å². The summed E-state index contributed by atoms with van der Waals surface area (Å²) < 4.78 is 0. The van der Waals surface area contributed by atoms with Crippen molar-refractivity contribution in [3.05, 3.63) is 106 Å². The van der Waals surface area contributed by atoms with E-state index >= 15 is 0 Å². The normalized spacial score (nSPS) is 12.6. The van der Waals surface area contributed by atoms with E-state index in [4.69, 9.17) is 0 Å². The molecular formula is C23H17N3O5. The van der Waals surface area contributed by atoms with Gasteiger partial charge in [-0.05, 0) is 30.3 Å². The molecule has 0 saturated heterocycles. The molecule has 4 rings (SSSR count). The van der Waals surface area contributed by atoms with Gasteiger partial charge >= 0.3 is 0 Å². The van der Waals surface area contributed by atoms with Gasteiger partial charge in [0.15, 0.2) is 0 Å². The molecule has 1 heterocycles. The molecule has 3 aromatic carbocycles. The first-order valence-electron chi connectivity index (χ1n) is 9.54. The molecule has 0 aliphatic carbocycles. The number of hydrogen-bond donors (Lipinski definition) is 0. The van der Waals surface area contributed by atoms with E-state index < -0.39 is 22.6 Å². The van der Waals surface area contributed by atoms with Crippen molar-refractivity contribution >= 4 is 29.1 Å². The van der Waals surface area contributed by atoms with Crippen molar-refractivity contribution in [1.29, 1.82) is 0 Å². The van der Waals surface area contributed by atoms with Crippen LogP contribution in [0.15, 0.2) is 78.9 Å². The van der Waals surface area contributed by atoms with Crippen molar-refractivity contribution in [2.75, 3.05) is 18.0 Å². The van der Waals surface area contributed by atoms with Gasteiger partial charge < -0.3 is 4.90 Å². The fourth-order valence-electron chi connectivity index (χ4n) is 3.51. The first-order chi connectivity index (χ1) is 15.0. The molecule has 0 bridgehead atoms. The molecule has 0 spiro atoms. The number of fused-ring (bicyclic) bond motifs is 1. The number of rotatable bonds is 6. The predicted octanol–water partition coefficient (Wildman–Crippen LogP) is 3.54. The minimum atomic E-state index is -0.567. The standard InChI is InChI=1S/C23H17N3O5/c27-21(16-7-6-10-18(15-16)26(30)31)24(17-8-2-1-3-9-17)13-14-25-22(28)19-11-4-5-12-20(19)23(25)29/h1-12,15H,13-14H2. The number of nitro benzene ring substituents is 1. The van der Waals surface area contributed by atoms with Gasteiger partial charge in [-0.3, -0.25) is 29.4 Å². The summed E-state index contributed by atoms with van der Waals surface area (Å²) in [4.78, 5) is 51.6. The maximum atomic E-state index is 13.2. The Kier molecular flexibility index (Phi) is 5.28. The van der Waals surface area contributed by atoms with Gasteiger partial charge in [0.05, 0.1) is 16.1 Å². The van der Waals surface area contributed by atoms with E-state index in [0.717, 1.165) is 4.90 Å². The van der Waals surface area contributed by atoms with Crippen LogP contribution in [-0.2, 0) is 0 Å². The minimum Gasteiger partial charge on any atom is -0.307 e. The monoisotopic (exact) mass is 415 g/mol. The Morgan fingerprint density at radius 2 is 1.48 bits per heavy atom. The summed E-state index contributed by atoms with van der Waals surface area (Å²) in [6.45, 7) is 0.0267. The van der Waals surface area contributed by atoms with E-state index in [2.05, 4.69) is 0 Å². The SMILES string of the molecule is O=C1c2ccccc2C(=O)N1CCN(C(=O)c1cccc([N+](=O)[O-])c1)c1ccccc1. The number of para-hydroxylation sites is 1. The van der Waals surface area contributed by atoms with Crippen LogP contribution in [0.25, 0.3) is 0 Å². The third kappa shape index (κ3) is 3.78. The van der Waals surface area contributed by atoms with Crippen molar-refractivity contribution in [3.63, 3.8) is 0 Å². The van der Waals surface area contributed by atoms with E-state index in [1.807, 2.05) is 0 Å². The molecule has 31 heavy (non-hydrogen) atoms. The van der Waals surface area contributed by atoms with Gasteiger partial charge in [0.2, 0.25) is 0 Å². The van der Waals surface area contributed by atoms with E-state index in [1.54, 1.807) is 54.6 Å². The van der Waals surface area contributed by atoms with Crippen LogP contribution in [0.4, 0.5) is 11.4 Å². The fourth-order valence-corrected chi connectivity index (χ4v) is 3.51. The zero-order valence-corrected chi connectivity index (χ0v) is 16.3. The molecule has 0 N–H and O–H groups in total. The van der Waals surface area contributed by atoms with Crippen molar-refractivity contribution in [2.24, 2.45) is 0 Å². The molecule has 0 unspecified atom stereocenters. The zero-order valence-electron chi connectivity index (χ0n) is 16.3. The summed E-state index contributed by atoms with van der Waals surface area (Å²) in [5, 5.41) is 11.1. The number of benzene rings is 3. The topological polar surface area (TPSA) is 101 Å². The van der Waals surface area contributed by atoms with Crippen LogP contribution in [0, 0.1) is 10.1 Å². The summed E-state index contributed by atoms with van der Waals surface area (Å²) in [6, 6.07) is 20.8. The number of amides is 3. The average molecular weight is 415 g/mol. The van der Waals surface area contributed by atoms with Gasteiger partial charge in [-0.2, -0.15) is 0 Å². The molecule has 0 atom stereocenters. The number of nitrogens with zero attached hydrogens (tertiary/aromatic N) is 3. The first-order valence-corrected chi connectivity index (χ1v) is 9.54. The molecule has 0 fully saturated rings. The minimum absolute atomic E-state index is 0.0120. The molecule has 0 saturated carbocycles. The van der Waals surface area contributed by atoms with Gasteiger partial charge in [0, 0.05) is 36.5 Å². The van der Waals surface area contributed by atoms with E-state index in [-0.39, 0.29) is 24.3 Å². The Hall–Kier alpha value is -4.33. The third-order valence-electron chi connectivity index (χ3n) is 5.04. The van der Waals surface area contributed by atoms with Crippen LogP contribution < -0.4 is 4.90 Å². The second-order valence-electron chi connectivity index (χ2n) is 6.91. The maximum Gasteiger partial charge on any atom is 0.270 e. The Labute approximate surface area is 177 Å². The number of carbonyl (C=O) groups excluding carboxylic acids is 3. The van der Waals surface area contributed by atoms with Gasteiger partial charge in [-0.15, -0.1) is 0 Å².